The number of hydrogen-bond acceptors (Lipinski definition) is 5. The van der Waals surface area contributed by atoms with Gasteiger partial charge in [-0.05, 0) is 30.7 Å². The number of amides is 1. The first kappa shape index (κ1) is 20.5. The second-order valence-electron chi connectivity index (χ2n) is 8.13. The summed E-state index contributed by atoms with van der Waals surface area (Å²) in [7, 11) is 1.59. The van der Waals surface area contributed by atoms with Gasteiger partial charge in [-0.1, -0.05) is 30.3 Å². The highest BCUT2D eigenvalue weighted by molar-refractivity contribution is 6.14. The van der Waals surface area contributed by atoms with Crippen LogP contribution in [0.15, 0.2) is 70.8 Å². The molecule has 164 valence electrons. The molecule has 3 aromatic rings. The number of ether oxygens (including phenoxy) is 1. The van der Waals surface area contributed by atoms with Crippen molar-refractivity contribution in [2.45, 2.75) is 18.9 Å². The predicted molar refractivity (Wildman–Crippen MR) is 119 cm³/mol. The quantitative estimate of drug-likeness (QED) is 0.658. The third-order valence-corrected chi connectivity index (χ3v) is 6.36. The summed E-state index contributed by atoms with van der Waals surface area (Å²) in [6.45, 7) is 1.79. The summed E-state index contributed by atoms with van der Waals surface area (Å²) in [4.78, 5) is 29.2. The maximum atomic E-state index is 14.2. The van der Waals surface area contributed by atoms with Gasteiger partial charge in [-0.3, -0.25) is 9.59 Å². The standard InChI is InChI=1S/C25H19FN4O3/c1-14-10-20-21(23(31)29(14)2)25(18(12-27)22(28)33-20)17-8-3-4-9-19(17)30(24(25)32)13-15-6-5-7-16(26)11-15/h3-11H,13,28H2,1-2H3/t25-/m1/s1. The number of benzene rings is 2. The topological polar surface area (TPSA) is 101 Å². The summed E-state index contributed by atoms with van der Waals surface area (Å²) >= 11 is 0. The second kappa shape index (κ2) is 7.07. The van der Waals surface area contributed by atoms with Crippen molar-refractivity contribution < 1.29 is 13.9 Å². The van der Waals surface area contributed by atoms with Crippen molar-refractivity contribution in [3.63, 3.8) is 0 Å². The van der Waals surface area contributed by atoms with Crippen LogP contribution in [0.1, 0.15) is 22.4 Å². The first-order chi connectivity index (χ1) is 15.8. The molecule has 0 bridgehead atoms. The number of aryl methyl sites for hydroxylation is 1. The van der Waals surface area contributed by atoms with Crippen LogP contribution in [0.3, 0.4) is 0 Å². The van der Waals surface area contributed by atoms with Crippen molar-refractivity contribution in [2.24, 2.45) is 12.8 Å². The fraction of sp³-hybridized carbons (Fsp3) is 0.160. The van der Waals surface area contributed by atoms with Crippen LogP contribution in [0, 0.1) is 24.1 Å². The minimum Gasteiger partial charge on any atom is -0.440 e. The Hall–Kier alpha value is -4.38. The minimum absolute atomic E-state index is 0.0422. The van der Waals surface area contributed by atoms with E-state index in [1.54, 1.807) is 56.4 Å². The molecule has 0 aliphatic carbocycles. The molecule has 5 rings (SSSR count). The monoisotopic (exact) mass is 442 g/mol. The van der Waals surface area contributed by atoms with Crippen molar-refractivity contribution in [1.29, 1.82) is 5.26 Å². The smallest absolute Gasteiger partial charge is 0.259 e. The van der Waals surface area contributed by atoms with Gasteiger partial charge in [-0.2, -0.15) is 5.26 Å². The van der Waals surface area contributed by atoms with Crippen LogP contribution >= 0.6 is 0 Å². The number of pyridine rings is 1. The van der Waals surface area contributed by atoms with Gasteiger partial charge >= 0.3 is 0 Å². The zero-order chi connectivity index (χ0) is 23.5. The van der Waals surface area contributed by atoms with E-state index < -0.39 is 22.7 Å². The lowest BCUT2D eigenvalue weighted by atomic mass is 9.69. The number of carbonyl (C=O) groups is 1. The van der Waals surface area contributed by atoms with Gasteiger partial charge in [0.1, 0.15) is 23.2 Å². The fourth-order valence-corrected chi connectivity index (χ4v) is 4.75. The van der Waals surface area contributed by atoms with Crippen molar-refractivity contribution in [3.8, 4) is 11.8 Å². The maximum absolute atomic E-state index is 14.2. The van der Waals surface area contributed by atoms with Gasteiger partial charge in [0, 0.05) is 30.1 Å². The first-order valence-electron chi connectivity index (χ1n) is 10.3. The lowest BCUT2D eigenvalue weighted by Crippen LogP contribution is -2.49. The van der Waals surface area contributed by atoms with Gasteiger partial charge in [-0.15, -0.1) is 0 Å². The summed E-state index contributed by atoms with van der Waals surface area (Å²) < 4.78 is 20.9. The van der Waals surface area contributed by atoms with E-state index in [1.165, 1.54) is 21.6 Å². The molecule has 1 atom stereocenters. The number of hydrogen-bond donors (Lipinski definition) is 1. The van der Waals surface area contributed by atoms with Gasteiger partial charge < -0.3 is 19.9 Å². The van der Waals surface area contributed by atoms with Gasteiger partial charge in [0.05, 0.1) is 12.1 Å². The number of anilines is 1. The lowest BCUT2D eigenvalue weighted by Gasteiger charge is -2.34. The molecule has 0 radical (unpaired) electrons. The Kier molecular flexibility index (Phi) is 4.40. The van der Waals surface area contributed by atoms with Crippen molar-refractivity contribution in [2.75, 3.05) is 4.90 Å². The summed E-state index contributed by atoms with van der Waals surface area (Å²) in [5, 5.41) is 10.1. The van der Waals surface area contributed by atoms with Crippen molar-refractivity contribution in [3.05, 3.63) is 105 Å². The SMILES string of the molecule is Cc1cc2c(c(=O)n1C)[C@]1(C(=O)N(Cc3cccc(F)c3)c3ccccc31)C(C#N)=C(N)O2. The Morgan fingerprint density at radius 1 is 1.15 bits per heavy atom. The first-order valence-corrected chi connectivity index (χ1v) is 10.3. The number of aromatic nitrogens is 1. The molecule has 7 nitrogen and oxygen atoms in total. The van der Waals surface area contributed by atoms with E-state index in [2.05, 4.69) is 0 Å². The Morgan fingerprint density at radius 2 is 1.91 bits per heavy atom. The van der Waals surface area contributed by atoms with Gasteiger partial charge in [0.2, 0.25) is 11.8 Å². The molecular weight excluding hydrogens is 423 g/mol. The number of halogens is 1. The molecule has 1 spiro atoms. The van der Waals surface area contributed by atoms with Crippen molar-refractivity contribution in [1.82, 2.24) is 4.57 Å². The van der Waals surface area contributed by atoms with E-state index in [-0.39, 0.29) is 29.3 Å². The lowest BCUT2D eigenvalue weighted by molar-refractivity contribution is -0.121. The Morgan fingerprint density at radius 3 is 2.64 bits per heavy atom. The molecule has 2 aliphatic heterocycles. The molecule has 3 heterocycles. The average molecular weight is 442 g/mol. The molecule has 0 saturated heterocycles. The van der Waals surface area contributed by atoms with E-state index in [0.29, 0.717) is 22.5 Å². The predicted octanol–water partition coefficient (Wildman–Crippen LogP) is 2.75. The molecule has 2 N–H and O–H groups in total. The van der Waals surface area contributed by atoms with Crippen LogP contribution in [0.25, 0.3) is 0 Å². The normalized spacial score (nSPS) is 18.7. The van der Waals surface area contributed by atoms with Crippen LogP contribution in [0.2, 0.25) is 0 Å². The maximum Gasteiger partial charge on any atom is 0.259 e. The Labute approximate surface area is 188 Å². The highest BCUT2D eigenvalue weighted by atomic mass is 19.1. The number of rotatable bonds is 2. The van der Waals surface area contributed by atoms with Crippen LogP contribution in [-0.2, 0) is 23.8 Å². The Balaban J connectivity index is 1.84. The van der Waals surface area contributed by atoms with Gasteiger partial charge in [-0.25, -0.2) is 4.39 Å². The van der Waals surface area contributed by atoms with Crippen LogP contribution in [0.4, 0.5) is 10.1 Å². The van der Waals surface area contributed by atoms with E-state index in [1.807, 2.05) is 6.07 Å². The zero-order valence-electron chi connectivity index (χ0n) is 17.9. The molecule has 1 amide bonds. The molecule has 0 unspecified atom stereocenters. The number of nitrogens with zero attached hydrogens (tertiary/aromatic N) is 3. The molecule has 0 saturated carbocycles. The molecule has 1 aromatic heterocycles. The molecular formula is C25H19FN4O3. The number of nitrogens with two attached hydrogens (primary N) is 1. The molecule has 2 aliphatic rings. The molecule has 8 heteroatoms. The highest BCUT2D eigenvalue weighted by Gasteiger charge is 2.60. The minimum atomic E-state index is -1.77. The van der Waals surface area contributed by atoms with E-state index in [9.17, 15) is 19.2 Å². The van der Waals surface area contributed by atoms with Crippen LogP contribution in [0.5, 0.6) is 5.75 Å². The van der Waals surface area contributed by atoms with Gasteiger partial charge in [0.25, 0.3) is 5.56 Å². The highest BCUT2D eigenvalue weighted by Crippen LogP contribution is 2.54. The summed E-state index contributed by atoms with van der Waals surface area (Å²) in [6.07, 6.45) is 0. The summed E-state index contributed by atoms with van der Waals surface area (Å²) in [6, 6.07) is 16.5. The molecule has 0 fully saturated rings. The van der Waals surface area contributed by atoms with Gasteiger partial charge in [0.15, 0.2) is 5.41 Å². The van der Waals surface area contributed by atoms with Crippen LogP contribution in [-0.4, -0.2) is 10.5 Å². The zero-order valence-corrected chi connectivity index (χ0v) is 17.9. The second-order valence-corrected chi connectivity index (χ2v) is 8.13. The largest absolute Gasteiger partial charge is 0.440 e. The third-order valence-electron chi connectivity index (χ3n) is 6.36. The fourth-order valence-electron chi connectivity index (χ4n) is 4.75. The number of carbonyl (C=O) groups excluding carboxylic acids is 1. The van der Waals surface area contributed by atoms with Crippen LogP contribution < -0.4 is 20.9 Å². The third kappa shape index (κ3) is 2.66. The van der Waals surface area contributed by atoms with E-state index in [0.717, 1.165) is 0 Å². The summed E-state index contributed by atoms with van der Waals surface area (Å²) in [5.74, 6) is -1.03. The van der Waals surface area contributed by atoms with E-state index in [4.69, 9.17) is 10.5 Å². The average Bonchev–Trinajstić information content (AvgIpc) is 3.01. The number of fused-ring (bicyclic) bond motifs is 4. The van der Waals surface area contributed by atoms with E-state index >= 15 is 0 Å². The summed E-state index contributed by atoms with van der Waals surface area (Å²) in [5.41, 5.74) is 5.96. The molecule has 2 aromatic carbocycles. The molecule has 33 heavy (non-hydrogen) atoms. The number of para-hydroxylation sites is 1. The number of nitriles is 1. The Bertz CT molecular complexity index is 1480. The van der Waals surface area contributed by atoms with Crippen molar-refractivity contribution >= 4 is 11.6 Å².